The summed E-state index contributed by atoms with van der Waals surface area (Å²) in [6, 6.07) is 65.5. The molecule has 0 amide bonds. The quantitative estimate of drug-likeness (QED) is 0.165. The second-order valence-electron chi connectivity index (χ2n) is 13.7. The molecule has 11 aromatic rings. The highest BCUT2D eigenvalue weighted by Crippen LogP contribution is 2.45. The van der Waals surface area contributed by atoms with Crippen LogP contribution in [0.4, 0.5) is 0 Å². The summed E-state index contributed by atoms with van der Waals surface area (Å²) in [4.78, 5) is 11.7. The molecule has 3 heterocycles. The average molecular weight is 723 g/mol. The van der Waals surface area contributed by atoms with Gasteiger partial charge in [-0.1, -0.05) is 152 Å². The standard InChI is InChI=1S/C50H30N2S2/c1-2-13-32(14-3-1)47-36-17-5-7-19-38(36)48(39-20-8-6-18-37(39)47)33-27-25-31(26-28-33)42-30-43(46-29-34-15-4-10-23-44(34)53-46)52-50(51-42)41-22-12-21-40-35-16-9-11-24-45(35)54-49(40)41/h1-30H. The van der Waals surface area contributed by atoms with Crippen molar-refractivity contribution in [3.8, 4) is 55.5 Å². The average Bonchev–Trinajstić information content (AvgIpc) is 3.85. The van der Waals surface area contributed by atoms with Crippen molar-refractivity contribution in [1.82, 2.24) is 9.97 Å². The first kappa shape index (κ1) is 31.1. The Morgan fingerprint density at radius 2 is 0.889 bits per heavy atom. The summed E-state index contributed by atoms with van der Waals surface area (Å²) >= 11 is 3.59. The molecule has 0 aliphatic carbocycles. The number of benzene rings is 8. The molecule has 8 aromatic carbocycles. The van der Waals surface area contributed by atoms with E-state index in [4.69, 9.17) is 9.97 Å². The van der Waals surface area contributed by atoms with Gasteiger partial charge < -0.3 is 0 Å². The Morgan fingerprint density at radius 1 is 0.352 bits per heavy atom. The van der Waals surface area contributed by atoms with Crippen molar-refractivity contribution in [2.75, 3.05) is 0 Å². The Labute approximate surface area is 320 Å². The molecule has 0 saturated carbocycles. The fraction of sp³-hybridized carbons (Fsp3) is 0. The van der Waals surface area contributed by atoms with E-state index in [-0.39, 0.29) is 0 Å². The molecule has 0 aliphatic heterocycles. The van der Waals surface area contributed by atoms with Gasteiger partial charge in [0, 0.05) is 36.0 Å². The van der Waals surface area contributed by atoms with E-state index in [1.165, 1.54) is 74.1 Å². The van der Waals surface area contributed by atoms with Crippen LogP contribution < -0.4 is 0 Å². The van der Waals surface area contributed by atoms with Crippen LogP contribution in [0.5, 0.6) is 0 Å². The fourth-order valence-corrected chi connectivity index (χ4v) is 10.3. The monoisotopic (exact) mass is 722 g/mol. The second kappa shape index (κ2) is 12.6. The highest BCUT2D eigenvalue weighted by molar-refractivity contribution is 7.26. The number of hydrogen-bond acceptors (Lipinski definition) is 4. The lowest BCUT2D eigenvalue weighted by Crippen LogP contribution is -1.95. The van der Waals surface area contributed by atoms with Crippen LogP contribution in [-0.4, -0.2) is 9.97 Å². The maximum atomic E-state index is 5.32. The zero-order valence-corrected chi connectivity index (χ0v) is 30.7. The Balaban J connectivity index is 1.09. The number of nitrogens with zero attached hydrogens (tertiary/aromatic N) is 2. The largest absolute Gasteiger partial charge is 0.228 e. The molecule has 0 aliphatic rings. The van der Waals surface area contributed by atoms with Gasteiger partial charge in [0.05, 0.1) is 16.3 Å². The van der Waals surface area contributed by atoms with Gasteiger partial charge in [-0.25, -0.2) is 9.97 Å². The van der Waals surface area contributed by atoms with Crippen molar-refractivity contribution in [3.05, 3.63) is 182 Å². The first-order valence-corrected chi connectivity index (χ1v) is 19.8. The van der Waals surface area contributed by atoms with E-state index in [1.54, 1.807) is 11.3 Å². The minimum atomic E-state index is 0.745. The summed E-state index contributed by atoms with van der Waals surface area (Å²) in [5, 5.41) is 8.75. The maximum Gasteiger partial charge on any atom is 0.161 e. The lowest BCUT2D eigenvalue weighted by Gasteiger charge is -2.18. The van der Waals surface area contributed by atoms with Crippen LogP contribution in [0.1, 0.15) is 0 Å². The molecule has 0 saturated heterocycles. The number of rotatable bonds is 5. The minimum absolute atomic E-state index is 0.745. The van der Waals surface area contributed by atoms with E-state index in [1.807, 2.05) is 11.3 Å². The molecule has 54 heavy (non-hydrogen) atoms. The zero-order chi connectivity index (χ0) is 35.6. The van der Waals surface area contributed by atoms with Gasteiger partial charge >= 0.3 is 0 Å². The van der Waals surface area contributed by atoms with Crippen LogP contribution in [0, 0.1) is 0 Å². The van der Waals surface area contributed by atoms with Crippen molar-refractivity contribution in [2.24, 2.45) is 0 Å². The van der Waals surface area contributed by atoms with Gasteiger partial charge in [-0.05, 0) is 79.5 Å². The topological polar surface area (TPSA) is 25.8 Å². The molecule has 252 valence electrons. The Kier molecular flexibility index (Phi) is 7.25. The molecule has 3 aromatic heterocycles. The van der Waals surface area contributed by atoms with Crippen LogP contribution in [0.2, 0.25) is 0 Å². The van der Waals surface area contributed by atoms with Gasteiger partial charge in [0.15, 0.2) is 5.82 Å². The molecule has 4 heteroatoms. The Morgan fingerprint density at radius 3 is 1.57 bits per heavy atom. The van der Waals surface area contributed by atoms with Gasteiger partial charge in [0.2, 0.25) is 0 Å². The molecule has 0 radical (unpaired) electrons. The summed E-state index contributed by atoms with van der Waals surface area (Å²) in [5.41, 5.74) is 8.90. The SMILES string of the molecule is c1ccc(-c2c3ccccc3c(-c3ccc(-c4cc(-c5cc6ccccc6s5)nc(-c5cccc6c5sc5ccccc56)n4)cc3)c3ccccc23)cc1. The van der Waals surface area contributed by atoms with Crippen LogP contribution in [0.15, 0.2) is 182 Å². The normalized spacial score (nSPS) is 11.7. The molecular weight excluding hydrogens is 693 g/mol. The lowest BCUT2D eigenvalue weighted by atomic mass is 9.86. The molecule has 0 bridgehead atoms. The predicted molar refractivity (Wildman–Crippen MR) is 232 cm³/mol. The molecule has 0 spiro atoms. The van der Waals surface area contributed by atoms with Crippen molar-refractivity contribution in [3.63, 3.8) is 0 Å². The molecular formula is C50H30N2S2. The lowest BCUT2D eigenvalue weighted by molar-refractivity contribution is 1.19. The van der Waals surface area contributed by atoms with Crippen LogP contribution in [0.3, 0.4) is 0 Å². The van der Waals surface area contributed by atoms with Gasteiger partial charge in [-0.15, -0.1) is 22.7 Å². The van der Waals surface area contributed by atoms with E-state index in [0.717, 1.165) is 33.2 Å². The van der Waals surface area contributed by atoms with Gasteiger partial charge in [0.1, 0.15) is 0 Å². The molecule has 0 N–H and O–H groups in total. The minimum Gasteiger partial charge on any atom is -0.228 e. The molecule has 0 unspecified atom stereocenters. The summed E-state index contributed by atoms with van der Waals surface area (Å²) in [5.74, 6) is 0.745. The summed E-state index contributed by atoms with van der Waals surface area (Å²) in [6.45, 7) is 0. The first-order valence-electron chi connectivity index (χ1n) is 18.2. The van der Waals surface area contributed by atoms with E-state index in [0.29, 0.717) is 0 Å². The zero-order valence-electron chi connectivity index (χ0n) is 29.0. The van der Waals surface area contributed by atoms with Crippen LogP contribution >= 0.6 is 22.7 Å². The van der Waals surface area contributed by atoms with Crippen molar-refractivity contribution in [2.45, 2.75) is 0 Å². The highest BCUT2D eigenvalue weighted by Gasteiger charge is 2.19. The third-order valence-corrected chi connectivity index (χ3v) is 12.9. The molecule has 2 nitrogen and oxygen atoms in total. The molecule has 0 atom stereocenters. The summed E-state index contributed by atoms with van der Waals surface area (Å²) in [7, 11) is 0. The fourth-order valence-electron chi connectivity index (χ4n) is 8.04. The smallest absolute Gasteiger partial charge is 0.161 e. The van der Waals surface area contributed by atoms with Gasteiger partial charge in [0.25, 0.3) is 0 Å². The van der Waals surface area contributed by atoms with Crippen LogP contribution in [-0.2, 0) is 0 Å². The van der Waals surface area contributed by atoms with Crippen molar-refractivity contribution >= 4 is 74.5 Å². The van der Waals surface area contributed by atoms with Crippen LogP contribution in [0.25, 0.3) is 107 Å². The van der Waals surface area contributed by atoms with E-state index in [9.17, 15) is 0 Å². The number of aromatic nitrogens is 2. The highest BCUT2D eigenvalue weighted by atomic mass is 32.1. The third-order valence-electron chi connectivity index (χ3n) is 10.5. The number of hydrogen-bond donors (Lipinski definition) is 0. The van der Waals surface area contributed by atoms with Gasteiger partial charge in [-0.3, -0.25) is 0 Å². The van der Waals surface area contributed by atoms with Crippen molar-refractivity contribution < 1.29 is 0 Å². The second-order valence-corrected chi connectivity index (χ2v) is 15.8. The third kappa shape index (κ3) is 5.07. The number of thiophene rings is 2. The summed E-state index contributed by atoms with van der Waals surface area (Å²) < 4.78 is 3.74. The Bertz CT molecular complexity index is 3120. The number of fused-ring (bicyclic) bond motifs is 6. The van der Waals surface area contributed by atoms with E-state index < -0.39 is 0 Å². The first-order chi connectivity index (χ1) is 26.8. The van der Waals surface area contributed by atoms with E-state index >= 15 is 0 Å². The van der Waals surface area contributed by atoms with Gasteiger partial charge in [-0.2, -0.15) is 0 Å². The molecule has 11 rings (SSSR count). The van der Waals surface area contributed by atoms with Crippen molar-refractivity contribution in [1.29, 1.82) is 0 Å². The summed E-state index contributed by atoms with van der Waals surface area (Å²) in [6.07, 6.45) is 0. The maximum absolute atomic E-state index is 5.32. The Hall–Kier alpha value is -6.46. The molecule has 0 fully saturated rings. The van der Waals surface area contributed by atoms with E-state index in [2.05, 4.69) is 182 Å². The predicted octanol–water partition coefficient (Wildman–Crippen LogP) is 14.7.